The number of carbonyl (C=O) groups is 1. The molecule has 1 saturated heterocycles. The van der Waals surface area contributed by atoms with Crippen LogP contribution in [0.4, 0.5) is 5.69 Å². The van der Waals surface area contributed by atoms with Crippen LogP contribution in [-0.4, -0.2) is 39.4 Å². The lowest BCUT2D eigenvalue weighted by molar-refractivity contribution is -0.384. The Morgan fingerprint density at radius 3 is 2.74 bits per heavy atom. The summed E-state index contributed by atoms with van der Waals surface area (Å²) in [6.45, 7) is 3.19. The fraction of sp³-hybridized carbons (Fsp3) is 0.583. The second kappa shape index (κ2) is 5.00. The van der Waals surface area contributed by atoms with Crippen molar-refractivity contribution in [3.63, 3.8) is 0 Å². The highest BCUT2D eigenvalue weighted by Crippen LogP contribution is 2.20. The minimum absolute atomic E-state index is 0.0250. The van der Waals surface area contributed by atoms with Crippen LogP contribution < -0.4 is 5.73 Å². The van der Waals surface area contributed by atoms with E-state index < -0.39 is 4.92 Å². The van der Waals surface area contributed by atoms with Crippen molar-refractivity contribution in [1.82, 2.24) is 9.47 Å². The van der Waals surface area contributed by atoms with Crippen molar-refractivity contribution in [2.45, 2.75) is 19.4 Å². The normalized spacial score (nSPS) is 23.4. The zero-order chi connectivity index (χ0) is 14.2. The van der Waals surface area contributed by atoms with Gasteiger partial charge in [0.1, 0.15) is 5.69 Å². The minimum atomic E-state index is -0.499. The number of aryl methyl sites for hydroxylation is 1. The SMILES string of the molecule is CC1CC(N)CN(C(=O)c2cc([N+](=O)[O-])cn2C)C1. The lowest BCUT2D eigenvalue weighted by atomic mass is 9.96. The van der Waals surface area contributed by atoms with Crippen molar-refractivity contribution in [2.24, 2.45) is 18.7 Å². The largest absolute Gasteiger partial charge is 0.340 e. The van der Waals surface area contributed by atoms with E-state index in [1.807, 2.05) is 6.92 Å². The molecule has 1 aromatic rings. The van der Waals surface area contributed by atoms with Gasteiger partial charge in [-0.25, -0.2) is 0 Å². The van der Waals surface area contributed by atoms with Crippen molar-refractivity contribution < 1.29 is 9.72 Å². The number of hydrogen-bond acceptors (Lipinski definition) is 4. The maximum absolute atomic E-state index is 12.4. The van der Waals surface area contributed by atoms with Crippen molar-refractivity contribution in [1.29, 1.82) is 0 Å². The number of piperidine rings is 1. The molecule has 0 bridgehead atoms. The second-order valence-corrected chi connectivity index (χ2v) is 5.26. The summed E-state index contributed by atoms with van der Waals surface area (Å²) in [7, 11) is 1.63. The van der Waals surface area contributed by atoms with E-state index in [0.717, 1.165) is 6.42 Å². The van der Waals surface area contributed by atoms with Crippen molar-refractivity contribution in [3.05, 3.63) is 28.1 Å². The molecule has 1 fully saturated rings. The number of hydrogen-bond donors (Lipinski definition) is 1. The third kappa shape index (κ3) is 2.76. The number of nitrogens with two attached hydrogens (primary N) is 1. The average Bonchev–Trinajstić information content (AvgIpc) is 2.69. The predicted octanol–water partition coefficient (Wildman–Crippen LogP) is 0.743. The predicted molar refractivity (Wildman–Crippen MR) is 69.7 cm³/mol. The van der Waals surface area contributed by atoms with Crippen LogP contribution in [0.2, 0.25) is 0 Å². The first kappa shape index (κ1) is 13.5. The summed E-state index contributed by atoms with van der Waals surface area (Å²) in [5, 5.41) is 10.7. The summed E-state index contributed by atoms with van der Waals surface area (Å²) in [5.41, 5.74) is 6.17. The Kier molecular flexibility index (Phi) is 3.57. The van der Waals surface area contributed by atoms with Crippen LogP contribution in [0.5, 0.6) is 0 Å². The molecule has 104 valence electrons. The van der Waals surface area contributed by atoms with Gasteiger partial charge in [0.05, 0.1) is 11.1 Å². The fourth-order valence-electron chi connectivity index (χ4n) is 2.59. The summed E-state index contributed by atoms with van der Waals surface area (Å²) in [5.74, 6) is 0.153. The number of carbonyl (C=O) groups excluding carboxylic acids is 1. The van der Waals surface area contributed by atoms with E-state index in [1.165, 1.54) is 16.8 Å². The Hall–Kier alpha value is -1.89. The molecular formula is C12H18N4O3. The summed E-state index contributed by atoms with van der Waals surface area (Å²) < 4.78 is 1.49. The molecule has 2 heterocycles. The molecule has 7 nitrogen and oxygen atoms in total. The lowest BCUT2D eigenvalue weighted by Gasteiger charge is -2.34. The van der Waals surface area contributed by atoms with Gasteiger partial charge < -0.3 is 15.2 Å². The number of nitro groups is 1. The van der Waals surface area contributed by atoms with Gasteiger partial charge >= 0.3 is 0 Å². The van der Waals surface area contributed by atoms with Gasteiger partial charge in [-0.15, -0.1) is 0 Å². The first-order valence-electron chi connectivity index (χ1n) is 6.24. The number of aromatic nitrogens is 1. The Balaban J connectivity index is 2.21. The summed E-state index contributed by atoms with van der Waals surface area (Å²) >= 11 is 0. The molecule has 1 aromatic heterocycles. The first-order chi connectivity index (χ1) is 8.88. The molecule has 0 aromatic carbocycles. The number of amides is 1. The molecule has 1 amide bonds. The van der Waals surface area contributed by atoms with Crippen LogP contribution in [0, 0.1) is 16.0 Å². The Labute approximate surface area is 111 Å². The standard InChI is InChI=1S/C12H18N4O3/c1-8-3-9(13)6-15(5-8)12(17)11-4-10(16(18)19)7-14(11)2/h4,7-9H,3,5-6,13H2,1-2H3. The molecule has 1 aliphatic rings. The zero-order valence-corrected chi connectivity index (χ0v) is 11.1. The molecule has 0 saturated carbocycles. The summed E-state index contributed by atoms with van der Waals surface area (Å²) in [4.78, 5) is 24.3. The maximum atomic E-state index is 12.4. The van der Waals surface area contributed by atoms with Gasteiger partial charge in [0.15, 0.2) is 0 Å². The molecular weight excluding hydrogens is 248 g/mol. The van der Waals surface area contributed by atoms with Gasteiger partial charge in [0.2, 0.25) is 0 Å². The van der Waals surface area contributed by atoms with E-state index in [9.17, 15) is 14.9 Å². The highest BCUT2D eigenvalue weighted by Gasteiger charge is 2.28. The Morgan fingerprint density at radius 2 is 2.21 bits per heavy atom. The zero-order valence-electron chi connectivity index (χ0n) is 11.1. The van der Waals surface area contributed by atoms with E-state index in [4.69, 9.17) is 5.73 Å². The van der Waals surface area contributed by atoms with Gasteiger partial charge in [-0.3, -0.25) is 14.9 Å². The molecule has 2 unspecified atom stereocenters. The molecule has 0 aliphatic carbocycles. The second-order valence-electron chi connectivity index (χ2n) is 5.26. The fourth-order valence-corrected chi connectivity index (χ4v) is 2.59. The van der Waals surface area contributed by atoms with Crippen LogP contribution in [0.15, 0.2) is 12.3 Å². The number of rotatable bonds is 2. The Bertz CT molecular complexity index is 501. The van der Waals surface area contributed by atoms with Crippen LogP contribution >= 0.6 is 0 Å². The van der Waals surface area contributed by atoms with Gasteiger partial charge in [0, 0.05) is 32.2 Å². The number of nitrogens with zero attached hydrogens (tertiary/aromatic N) is 3. The van der Waals surface area contributed by atoms with E-state index in [1.54, 1.807) is 11.9 Å². The molecule has 0 radical (unpaired) electrons. The number of likely N-dealkylation sites (tertiary alicyclic amines) is 1. The van der Waals surface area contributed by atoms with Crippen LogP contribution in [0.3, 0.4) is 0 Å². The van der Waals surface area contributed by atoms with Gasteiger partial charge in [-0.1, -0.05) is 6.92 Å². The molecule has 2 rings (SSSR count). The molecule has 2 atom stereocenters. The first-order valence-corrected chi connectivity index (χ1v) is 6.24. The van der Waals surface area contributed by atoms with Crippen molar-refractivity contribution >= 4 is 11.6 Å². The molecule has 1 aliphatic heterocycles. The van der Waals surface area contributed by atoms with E-state index >= 15 is 0 Å². The van der Waals surface area contributed by atoms with Crippen LogP contribution in [0.25, 0.3) is 0 Å². The van der Waals surface area contributed by atoms with E-state index in [0.29, 0.717) is 24.7 Å². The Morgan fingerprint density at radius 1 is 1.53 bits per heavy atom. The highest BCUT2D eigenvalue weighted by atomic mass is 16.6. The minimum Gasteiger partial charge on any atom is -0.340 e. The van der Waals surface area contributed by atoms with E-state index in [2.05, 4.69) is 0 Å². The molecule has 7 heteroatoms. The molecule has 19 heavy (non-hydrogen) atoms. The van der Waals surface area contributed by atoms with Crippen LogP contribution in [0.1, 0.15) is 23.8 Å². The van der Waals surface area contributed by atoms with Crippen molar-refractivity contribution in [3.8, 4) is 0 Å². The van der Waals surface area contributed by atoms with Crippen LogP contribution in [-0.2, 0) is 7.05 Å². The highest BCUT2D eigenvalue weighted by molar-refractivity contribution is 5.93. The monoisotopic (exact) mass is 266 g/mol. The van der Waals surface area contributed by atoms with Crippen molar-refractivity contribution in [2.75, 3.05) is 13.1 Å². The topological polar surface area (TPSA) is 94.4 Å². The third-order valence-corrected chi connectivity index (χ3v) is 3.40. The average molecular weight is 266 g/mol. The van der Waals surface area contributed by atoms with Gasteiger partial charge in [-0.2, -0.15) is 0 Å². The quantitative estimate of drug-likeness (QED) is 0.631. The van der Waals surface area contributed by atoms with E-state index in [-0.39, 0.29) is 17.6 Å². The lowest BCUT2D eigenvalue weighted by Crippen LogP contribution is -2.49. The molecule has 2 N–H and O–H groups in total. The smallest absolute Gasteiger partial charge is 0.287 e. The molecule has 0 spiro atoms. The van der Waals surface area contributed by atoms with Gasteiger partial charge in [0.25, 0.3) is 11.6 Å². The van der Waals surface area contributed by atoms with Gasteiger partial charge in [-0.05, 0) is 12.3 Å². The summed E-state index contributed by atoms with van der Waals surface area (Å²) in [6, 6.07) is 1.29. The maximum Gasteiger partial charge on any atom is 0.287 e. The summed E-state index contributed by atoms with van der Waals surface area (Å²) in [6.07, 6.45) is 2.25. The third-order valence-electron chi connectivity index (χ3n) is 3.40.